The van der Waals surface area contributed by atoms with Crippen LogP contribution in [0, 0.1) is 12.8 Å². The van der Waals surface area contributed by atoms with Gasteiger partial charge in [-0.3, -0.25) is 4.79 Å². The Bertz CT molecular complexity index is 509. The molecule has 1 aromatic rings. The number of aryl methyl sites for hydroxylation is 1. The first-order chi connectivity index (χ1) is 9.83. The maximum atomic E-state index is 12.6. The number of benzene rings is 1. The van der Waals surface area contributed by atoms with Crippen LogP contribution in [0.1, 0.15) is 36.2 Å². The van der Waals surface area contributed by atoms with E-state index in [1.807, 2.05) is 32.9 Å². The minimum absolute atomic E-state index is 0.0972. The Balaban J connectivity index is 2.93. The second-order valence-electron chi connectivity index (χ2n) is 5.50. The number of carbonyl (C=O) groups is 1. The zero-order chi connectivity index (χ0) is 16.0. The van der Waals surface area contributed by atoms with Crippen molar-refractivity contribution in [3.8, 4) is 0 Å². The predicted octanol–water partition coefficient (Wildman–Crippen LogP) is 2.88. The Morgan fingerprint density at radius 2 is 2.10 bits per heavy atom. The highest BCUT2D eigenvalue weighted by Gasteiger charge is 2.18. The van der Waals surface area contributed by atoms with E-state index in [1.54, 1.807) is 11.0 Å². The predicted molar refractivity (Wildman–Crippen MR) is 85.0 cm³/mol. The molecule has 0 aliphatic heterocycles. The molecule has 0 saturated carbocycles. The van der Waals surface area contributed by atoms with Crippen LogP contribution < -0.4 is 5.73 Å². The van der Waals surface area contributed by atoms with Gasteiger partial charge in [0, 0.05) is 30.1 Å². The number of hydrogen-bond acceptors (Lipinski definition) is 3. The standard InChI is InChI=1S/C15H22ClN3O2/c1-10(2)9-19(5-4-14(17)18-21)15(20)12-6-11(3)7-13(16)8-12/h6-8,10,21H,4-5,9H2,1-3H3,(H2,17,18). The molecule has 116 valence electrons. The summed E-state index contributed by atoms with van der Waals surface area (Å²) in [5.41, 5.74) is 6.97. The molecule has 6 heteroatoms. The lowest BCUT2D eigenvalue weighted by atomic mass is 10.1. The third-order valence-electron chi connectivity index (χ3n) is 2.93. The summed E-state index contributed by atoms with van der Waals surface area (Å²) >= 11 is 6.01. The first-order valence-electron chi connectivity index (χ1n) is 6.86. The lowest BCUT2D eigenvalue weighted by molar-refractivity contribution is 0.0740. The van der Waals surface area contributed by atoms with Gasteiger partial charge in [0.05, 0.1) is 0 Å². The summed E-state index contributed by atoms with van der Waals surface area (Å²) in [5.74, 6) is 0.334. The maximum Gasteiger partial charge on any atom is 0.253 e. The third kappa shape index (κ3) is 5.63. The van der Waals surface area contributed by atoms with Crippen LogP contribution in [0.15, 0.2) is 23.4 Å². The molecule has 0 aliphatic carbocycles. The smallest absolute Gasteiger partial charge is 0.253 e. The molecule has 0 fully saturated rings. The summed E-state index contributed by atoms with van der Waals surface area (Å²) in [6.07, 6.45) is 0.328. The van der Waals surface area contributed by atoms with Gasteiger partial charge in [-0.15, -0.1) is 0 Å². The van der Waals surface area contributed by atoms with Gasteiger partial charge < -0.3 is 15.8 Å². The van der Waals surface area contributed by atoms with E-state index in [0.29, 0.717) is 36.0 Å². The summed E-state index contributed by atoms with van der Waals surface area (Å²) < 4.78 is 0. The molecule has 3 N–H and O–H groups in total. The Hall–Kier alpha value is -1.75. The minimum atomic E-state index is -0.0972. The Morgan fingerprint density at radius 3 is 2.62 bits per heavy atom. The number of rotatable bonds is 6. The van der Waals surface area contributed by atoms with Crippen LogP contribution in [0.25, 0.3) is 0 Å². The van der Waals surface area contributed by atoms with Gasteiger partial charge in [-0.1, -0.05) is 30.6 Å². The van der Waals surface area contributed by atoms with Crippen LogP contribution in [0.5, 0.6) is 0 Å². The molecule has 0 aliphatic rings. The van der Waals surface area contributed by atoms with E-state index in [-0.39, 0.29) is 11.7 Å². The number of halogens is 1. The monoisotopic (exact) mass is 311 g/mol. The van der Waals surface area contributed by atoms with Gasteiger partial charge in [0.2, 0.25) is 0 Å². The number of nitrogens with zero attached hydrogens (tertiary/aromatic N) is 2. The number of carbonyl (C=O) groups excluding carboxylic acids is 1. The van der Waals surface area contributed by atoms with E-state index in [1.165, 1.54) is 0 Å². The molecule has 0 bridgehead atoms. The molecular formula is C15H22ClN3O2. The zero-order valence-electron chi connectivity index (χ0n) is 12.6. The number of oxime groups is 1. The molecule has 0 unspecified atom stereocenters. The number of amidine groups is 1. The number of nitrogens with two attached hydrogens (primary N) is 1. The fourth-order valence-corrected chi connectivity index (χ4v) is 2.35. The lowest BCUT2D eigenvalue weighted by Gasteiger charge is -2.24. The van der Waals surface area contributed by atoms with E-state index >= 15 is 0 Å². The van der Waals surface area contributed by atoms with Gasteiger partial charge in [0.15, 0.2) is 0 Å². The van der Waals surface area contributed by atoms with Crippen LogP contribution >= 0.6 is 11.6 Å². The first-order valence-corrected chi connectivity index (χ1v) is 7.24. The Labute approximate surface area is 130 Å². The van der Waals surface area contributed by atoms with E-state index in [4.69, 9.17) is 22.5 Å². The van der Waals surface area contributed by atoms with Crippen molar-refractivity contribution in [1.82, 2.24) is 4.90 Å². The molecule has 0 atom stereocenters. The summed E-state index contributed by atoms with van der Waals surface area (Å²) in [6, 6.07) is 5.28. The second kappa shape index (κ2) is 7.88. The van der Waals surface area contributed by atoms with Crippen LogP contribution in [0.2, 0.25) is 5.02 Å². The van der Waals surface area contributed by atoms with Crippen LogP contribution in [0.3, 0.4) is 0 Å². The summed E-state index contributed by atoms with van der Waals surface area (Å²) in [5, 5.41) is 12.1. The molecule has 0 spiro atoms. The molecular weight excluding hydrogens is 290 g/mol. The van der Waals surface area contributed by atoms with Gasteiger partial charge in [-0.2, -0.15) is 0 Å². The molecule has 21 heavy (non-hydrogen) atoms. The molecule has 0 saturated heterocycles. The summed E-state index contributed by atoms with van der Waals surface area (Å²) in [6.45, 7) is 6.97. The lowest BCUT2D eigenvalue weighted by Crippen LogP contribution is -2.36. The van der Waals surface area contributed by atoms with Gasteiger partial charge in [0.1, 0.15) is 5.84 Å². The summed E-state index contributed by atoms with van der Waals surface area (Å²) in [4.78, 5) is 14.3. The van der Waals surface area contributed by atoms with Crippen LogP contribution in [0.4, 0.5) is 0 Å². The molecule has 0 radical (unpaired) electrons. The Morgan fingerprint density at radius 1 is 1.43 bits per heavy atom. The molecule has 1 amide bonds. The molecule has 0 aromatic heterocycles. The largest absolute Gasteiger partial charge is 0.409 e. The maximum absolute atomic E-state index is 12.6. The normalized spacial score (nSPS) is 11.8. The van der Waals surface area contributed by atoms with Gasteiger partial charge in [0.25, 0.3) is 5.91 Å². The van der Waals surface area contributed by atoms with Crippen molar-refractivity contribution < 1.29 is 10.0 Å². The molecule has 5 nitrogen and oxygen atoms in total. The van der Waals surface area contributed by atoms with Gasteiger partial charge in [-0.05, 0) is 36.6 Å². The topological polar surface area (TPSA) is 78.9 Å². The average molecular weight is 312 g/mol. The average Bonchev–Trinajstić information content (AvgIpc) is 2.40. The van der Waals surface area contributed by atoms with Gasteiger partial charge >= 0.3 is 0 Å². The van der Waals surface area contributed by atoms with Crippen molar-refractivity contribution >= 4 is 23.3 Å². The van der Waals surface area contributed by atoms with Crippen molar-refractivity contribution in [2.24, 2.45) is 16.8 Å². The highest BCUT2D eigenvalue weighted by molar-refractivity contribution is 6.31. The second-order valence-corrected chi connectivity index (χ2v) is 5.94. The highest BCUT2D eigenvalue weighted by atomic mass is 35.5. The van der Waals surface area contributed by atoms with E-state index in [9.17, 15) is 4.79 Å². The van der Waals surface area contributed by atoms with Crippen molar-refractivity contribution in [1.29, 1.82) is 0 Å². The number of hydrogen-bond donors (Lipinski definition) is 2. The molecule has 1 aromatic carbocycles. The highest BCUT2D eigenvalue weighted by Crippen LogP contribution is 2.17. The molecule has 0 heterocycles. The fraction of sp³-hybridized carbons (Fsp3) is 0.467. The first kappa shape index (κ1) is 17.3. The van der Waals surface area contributed by atoms with Gasteiger partial charge in [-0.25, -0.2) is 0 Å². The van der Waals surface area contributed by atoms with Crippen molar-refractivity contribution in [2.45, 2.75) is 27.2 Å². The SMILES string of the molecule is Cc1cc(Cl)cc(C(=O)N(CC/C(N)=N/O)CC(C)C)c1. The fourth-order valence-electron chi connectivity index (χ4n) is 2.06. The van der Waals surface area contributed by atoms with Crippen LogP contribution in [-0.4, -0.2) is 34.9 Å². The van der Waals surface area contributed by atoms with E-state index in [0.717, 1.165) is 5.56 Å². The summed E-state index contributed by atoms with van der Waals surface area (Å²) in [7, 11) is 0. The third-order valence-corrected chi connectivity index (χ3v) is 3.15. The Kier molecular flexibility index (Phi) is 6.49. The number of amides is 1. The molecule has 1 rings (SSSR count). The van der Waals surface area contributed by atoms with E-state index < -0.39 is 0 Å². The van der Waals surface area contributed by atoms with Crippen molar-refractivity contribution in [2.75, 3.05) is 13.1 Å². The minimum Gasteiger partial charge on any atom is -0.409 e. The zero-order valence-corrected chi connectivity index (χ0v) is 13.4. The quantitative estimate of drug-likeness (QED) is 0.367. The van der Waals surface area contributed by atoms with Crippen molar-refractivity contribution in [3.05, 3.63) is 34.3 Å². The van der Waals surface area contributed by atoms with E-state index in [2.05, 4.69) is 5.16 Å². The van der Waals surface area contributed by atoms with Crippen LogP contribution in [-0.2, 0) is 0 Å². The van der Waals surface area contributed by atoms with Crippen molar-refractivity contribution in [3.63, 3.8) is 0 Å².